The second-order valence-corrected chi connectivity index (χ2v) is 6.33. The van der Waals surface area contributed by atoms with Gasteiger partial charge in [-0.15, -0.1) is 0 Å². The van der Waals surface area contributed by atoms with Gasteiger partial charge in [-0.1, -0.05) is 38.3 Å². The summed E-state index contributed by atoms with van der Waals surface area (Å²) in [5, 5.41) is 4.87. The van der Waals surface area contributed by atoms with Crippen LogP contribution in [0.1, 0.15) is 49.5 Å². The summed E-state index contributed by atoms with van der Waals surface area (Å²) in [6.45, 7) is 7.60. The van der Waals surface area contributed by atoms with Gasteiger partial charge in [0.2, 0.25) is 0 Å². The van der Waals surface area contributed by atoms with Crippen molar-refractivity contribution < 1.29 is 14.3 Å². The van der Waals surface area contributed by atoms with Crippen LogP contribution in [-0.2, 0) is 11.3 Å². The van der Waals surface area contributed by atoms with Crippen LogP contribution in [0.4, 0.5) is 0 Å². The van der Waals surface area contributed by atoms with Crippen LogP contribution in [0.2, 0.25) is 5.02 Å². The van der Waals surface area contributed by atoms with Crippen molar-refractivity contribution in [3.8, 4) is 5.75 Å². The van der Waals surface area contributed by atoms with E-state index in [9.17, 15) is 4.79 Å². The minimum absolute atomic E-state index is 0.340. The summed E-state index contributed by atoms with van der Waals surface area (Å²) in [5.41, 5.74) is 1.36. The van der Waals surface area contributed by atoms with E-state index in [1.165, 1.54) is 6.20 Å². The molecule has 0 saturated heterocycles. The zero-order valence-electron chi connectivity index (χ0n) is 15.0. The summed E-state index contributed by atoms with van der Waals surface area (Å²) in [5.74, 6) is 0.957. The molecule has 0 aliphatic rings. The van der Waals surface area contributed by atoms with Gasteiger partial charge >= 0.3 is 5.97 Å². The van der Waals surface area contributed by atoms with E-state index in [0.717, 1.165) is 24.2 Å². The highest BCUT2D eigenvalue weighted by Crippen LogP contribution is 2.25. The molecular formula is C19H25ClN2O3. The molecule has 0 N–H and O–H groups in total. The largest absolute Gasteiger partial charge is 0.493 e. The van der Waals surface area contributed by atoms with Gasteiger partial charge in [0.15, 0.2) is 0 Å². The molecule has 25 heavy (non-hydrogen) atoms. The molecule has 0 fully saturated rings. The third kappa shape index (κ3) is 5.49. The number of ether oxygens (including phenoxy) is 2. The number of esters is 1. The van der Waals surface area contributed by atoms with Gasteiger partial charge in [0, 0.05) is 16.8 Å². The molecule has 0 unspecified atom stereocenters. The number of aromatic nitrogens is 2. The van der Waals surface area contributed by atoms with Crippen LogP contribution < -0.4 is 4.74 Å². The number of carbonyl (C=O) groups is 1. The van der Waals surface area contributed by atoms with Crippen LogP contribution in [-0.4, -0.2) is 29.0 Å². The van der Waals surface area contributed by atoms with E-state index in [1.54, 1.807) is 17.8 Å². The molecule has 5 nitrogen and oxygen atoms in total. The zero-order chi connectivity index (χ0) is 18.2. The first-order valence-electron chi connectivity index (χ1n) is 8.68. The predicted octanol–water partition coefficient (Wildman–Crippen LogP) is 4.58. The van der Waals surface area contributed by atoms with Crippen molar-refractivity contribution >= 4 is 17.6 Å². The maximum absolute atomic E-state index is 11.8. The lowest BCUT2D eigenvalue weighted by Gasteiger charge is -2.16. The van der Waals surface area contributed by atoms with Gasteiger partial charge in [-0.05, 0) is 31.0 Å². The summed E-state index contributed by atoms with van der Waals surface area (Å²) in [6.07, 6.45) is 5.35. The Hall–Kier alpha value is -2.01. The molecule has 1 aromatic heterocycles. The van der Waals surface area contributed by atoms with Crippen LogP contribution in [0.5, 0.6) is 5.75 Å². The van der Waals surface area contributed by atoms with Crippen molar-refractivity contribution in [2.75, 3.05) is 13.2 Å². The Bertz CT molecular complexity index is 696. The van der Waals surface area contributed by atoms with Crippen LogP contribution in [0.25, 0.3) is 0 Å². The molecule has 2 rings (SSSR count). The second kappa shape index (κ2) is 9.47. The first-order valence-corrected chi connectivity index (χ1v) is 9.05. The second-order valence-electron chi connectivity index (χ2n) is 5.89. The third-order valence-corrected chi connectivity index (χ3v) is 4.36. The Kier molecular flexibility index (Phi) is 7.31. The van der Waals surface area contributed by atoms with Crippen LogP contribution in [0.3, 0.4) is 0 Å². The van der Waals surface area contributed by atoms with E-state index in [1.807, 2.05) is 18.2 Å². The smallest absolute Gasteiger partial charge is 0.341 e. The van der Waals surface area contributed by atoms with Crippen molar-refractivity contribution in [2.45, 2.75) is 40.2 Å². The molecular weight excluding hydrogens is 340 g/mol. The van der Waals surface area contributed by atoms with Crippen LogP contribution in [0.15, 0.2) is 30.6 Å². The van der Waals surface area contributed by atoms with Gasteiger partial charge in [-0.3, -0.25) is 4.68 Å². The number of rotatable bonds is 9. The lowest BCUT2D eigenvalue weighted by molar-refractivity contribution is 0.0526. The Morgan fingerprint density at radius 2 is 2.04 bits per heavy atom. The van der Waals surface area contributed by atoms with Gasteiger partial charge in [0.25, 0.3) is 0 Å². The number of carbonyl (C=O) groups excluding carboxylic acids is 1. The lowest BCUT2D eigenvalue weighted by atomic mass is 10.1. The minimum Gasteiger partial charge on any atom is -0.493 e. The summed E-state index contributed by atoms with van der Waals surface area (Å²) in [4.78, 5) is 11.8. The summed E-state index contributed by atoms with van der Waals surface area (Å²) in [7, 11) is 0. The predicted molar refractivity (Wildman–Crippen MR) is 98.3 cm³/mol. The standard InChI is InChI=1S/C19H25ClN2O3/c1-4-14(5-2)13-25-18-8-7-17(20)9-15(18)11-22-12-16(10-21-22)19(23)24-6-3/h7-10,12,14H,4-6,11,13H2,1-3H3. The molecule has 0 saturated carbocycles. The number of halogens is 1. The molecule has 0 bridgehead atoms. The summed E-state index contributed by atoms with van der Waals surface area (Å²) >= 11 is 6.14. The lowest BCUT2D eigenvalue weighted by Crippen LogP contribution is -2.12. The number of nitrogens with zero attached hydrogens (tertiary/aromatic N) is 2. The van der Waals surface area contributed by atoms with E-state index in [-0.39, 0.29) is 5.97 Å². The highest BCUT2D eigenvalue weighted by atomic mass is 35.5. The third-order valence-electron chi connectivity index (χ3n) is 4.13. The van der Waals surface area contributed by atoms with Crippen molar-refractivity contribution in [3.05, 3.63) is 46.7 Å². The molecule has 0 aliphatic heterocycles. The number of hydrogen-bond donors (Lipinski definition) is 0. The number of hydrogen-bond acceptors (Lipinski definition) is 4. The van der Waals surface area contributed by atoms with Crippen molar-refractivity contribution in [3.63, 3.8) is 0 Å². The molecule has 0 atom stereocenters. The van der Waals surface area contributed by atoms with E-state index in [4.69, 9.17) is 21.1 Å². The topological polar surface area (TPSA) is 53.3 Å². The number of benzene rings is 1. The maximum atomic E-state index is 11.8. The van der Waals surface area contributed by atoms with Crippen LogP contribution >= 0.6 is 11.6 Å². The molecule has 6 heteroatoms. The maximum Gasteiger partial charge on any atom is 0.341 e. The van der Waals surface area contributed by atoms with Gasteiger partial charge < -0.3 is 9.47 Å². The molecule has 1 aromatic carbocycles. The van der Waals surface area contributed by atoms with Crippen molar-refractivity contribution in [1.82, 2.24) is 9.78 Å². The SMILES string of the molecule is CCOC(=O)c1cnn(Cc2cc(Cl)ccc2OCC(CC)CC)c1. The minimum atomic E-state index is -0.370. The summed E-state index contributed by atoms with van der Waals surface area (Å²) < 4.78 is 12.7. The van der Waals surface area contributed by atoms with Crippen LogP contribution in [0, 0.1) is 5.92 Å². The first-order chi connectivity index (χ1) is 12.1. The van der Waals surface area contributed by atoms with Gasteiger partial charge in [-0.2, -0.15) is 5.10 Å². The monoisotopic (exact) mass is 364 g/mol. The molecule has 136 valence electrons. The molecule has 0 radical (unpaired) electrons. The fraction of sp³-hybridized carbons (Fsp3) is 0.474. The summed E-state index contributed by atoms with van der Waals surface area (Å²) in [6, 6.07) is 5.58. The quantitative estimate of drug-likeness (QED) is 0.611. The van der Waals surface area contributed by atoms with E-state index < -0.39 is 0 Å². The average Bonchev–Trinajstić information content (AvgIpc) is 3.06. The Labute approximate surface area is 153 Å². The highest BCUT2D eigenvalue weighted by molar-refractivity contribution is 6.30. The molecule has 0 aliphatic carbocycles. The van der Waals surface area contributed by atoms with E-state index in [0.29, 0.717) is 36.3 Å². The average molecular weight is 365 g/mol. The zero-order valence-corrected chi connectivity index (χ0v) is 15.8. The van der Waals surface area contributed by atoms with Crippen molar-refractivity contribution in [2.24, 2.45) is 5.92 Å². The molecule has 0 spiro atoms. The van der Waals surface area contributed by atoms with E-state index in [2.05, 4.69) is 18.9 Å². The fourth-order valence-corrected chi connectivity index (χ4v) is 2.68. The Balaban J connectivity index is 2.13. The van der Waals surface area contributed by atoms with Crippen molar-refractivity contribution in [1.29, 1.82) is 0 Å². The van der Waals surface area contributed by atoms with Gasteiger partial charge in [0.05, 0.1) is 31.5 Å². The van der Waals surface area contributed by atoms with E-state index >= 15 is 0 Å². The van der Waals surface area contributed by atoms with Gasteiger partial charge in [-0.25, -0.2) is 4.79 Å². The Morgan fingerprint density at radius 1 is 1.28 bits per heavy atom. The van der Waals surface area contributed by atoms with Gasteiger partial charge in [0.1, 0.15) is 5.75 Å². The first kappa shape index (κ1) is 19.3. The molecule has 1 heterocycles. The Morgan fingerprint density at radius 3 is 2.72 bits per heavy atom. The highest BCUT2D eigenvalue weighted by Gasteiger charge is 2.12. The normalized spacial score (nSPS) is 10.9. The fourth-order valence-electron chi connectivity index (χ4n) is 2.49. The molecule has 0 amide bonds. The molecule has 2 aromatic rings.